The van der Waals surface area contributed by atoms with Crippen molar-refractivity contribution in [1.82, 2.24) is 10.2 Å². The molecule has 1 N–H and O–H groups in total. The molecule has 2 aliphatic heterocycles. The molecule has 0 aromatic heterocycles. The summed E-state index contributed by atoms with van der Waals surface area (Å²) in [4.78, 5) is 2.74. The normalized spacial score (nSPS) is 38.2. The molecule has 0 aromatic carbocycles. The molecule has 2 heterocycles. The Morgan fingerprint density at radius 3 is 2.44 bits per heavy atom. The smallest absolute Gasteiger partial charge is 0.0195 e. The van der Waals surface area contributed by atoms with Crippen molar-refractivity contribution in [3.63, 3.8) is 0 Å². The van der Waals surface area contributed by atoms with Crippen LogP contribution in [0.25, 0.3) is 0 Å². The average Bonchev–Trinajstić information content (AvgIpc) is 2.52. The Bertz CT molecular complexity index is 187. The summed E-state index contributed by atoms with van der Waals surface area (Å²) >= 11 is 0. The van der Waals surface area contributed by atoms with Crippen molar-refractivity contribution in [2.45, 2.75) is 76.9 Å². The lowest BCUT2D eigenvalue weighted by Gasteiger charge is -2.41. The van der Waals surface area contributed by atoms with Crippen molar-refractivity contribution >= 4 is 0 Å². The van der Waals surface area contributed by atoms with Crippen LogP contribution in [0.1, 0.15) is 58.8 Å². The van der Waals surface area contributed by atoms with Gasteiger partial charge >= 0.3 is 0 Å². The maximum Gasteiger partial charge on any atom is 0.0195 e. The second-order valence-corrected chi connectivity index (χ2v) is 5.83. The van der Waals surface area contributed by atoms with Crippen LogP contribution >= 0.6 is 0 Å². The van der Waals surface area contributed by atoms with Crippen LogP contribution in [0.4, 0.5) is 0 Å². The highest BCUT2D eigenvalue weighted by Gasteiger charge is 2.26. The van der Waals surface area contributed by atoms with E-state index < -0.39 is 0 Å². The average molecular weight is 224 g/mol. The van der Waals surface area contributed by atoms with Crippen LogP contribution in [0, 0.1) is 0 Å². The molecule has 2 aliphatic rings. The first kappa shape index (κ1) is 12.4. The highest BCUT2D eigenvalue weighted by molar-refractivity contribution is 4.84. The Hall–Kier alpha value is -0.0800. The van der Waals surface area contributed by atoms with Crippen molar-refractivity contribution in [3.05, 3.63) is 0 Å². The zero-order valence-electron chi connectivity index (χ0n) is 11.0. The molecular weight excluding hydrogens is 196 g/mol. The van der Waals surface area contributed by atoms with Crippen LogP contribution in [0.3, 0.4) is 0 Å². The predicted molar refractivity (Wildman–Crippen MR) is 69.7 cm³/mol. The third-order valence-corrected chi connectivity index (χ3v) is 4.47. The minimum Gasteiger partial charge on any atom is -0.313 e. The van der Waals surface area contributed by atoms with Crippen LogP contribution in [-0.2, 0) is 0 Å². The molecule has 2 heteroatoms. The number of hydrogen-bond acceptors (Lipinski definition) is 2. The fourth-order valence-electron chi connectivity index (χ4n) is 3.35. The van der Waals surface area contributed by atoms with Gasteiger partial charge in [-0.15, -0.1) is 0 Å². The molecule has 2 fully saturated rings. The number of likely N-dealkylation sites (tertiary alicyclic amines) is 1. The quantitative estimate of drug-likeness (QED) is 0.776. The molecule has 0 aromatic rings. The highest BCUT2D eigenvalue weighted by atomic mass is 15.2. The van der Waals surface area contributed by atoms with E-state index in [0.717, 1.165) is 18.1 Å². The number of nitrogens with zero attached hydrogens (tertiary/aromatic N) is 1. The second kappa shape index (κ2) is 6.02. The Morgan fingerprint density at radius 2 is 1.69 bits per heavy atom. The van der Waals surface area contributed by atoms with Gasteiger partial charge in [0.25, 0.3) is 0 Å². The van der Waals surface area contributed by atoms with Crippen molar-refractivity contribution < 1.29 is 0 Å². The Balaban J connectivity index is 1.85. The molecule has 0 bridgehead atoms. The molecule has 0 radical (unpaired) electrons. The van der Waals surface area contributed by atoms with E-state index in [2.05, 4.69) is 24.1 Å². The molecule has 2 nitrogen and oxygen atoms in total. The largest absolute Gasteiger partial charge is 0.313 e. The standard InChI is InChI=1S/C14H28N2/c1-12-7-6-8-13(2)16(12)11-14-9-4-3-5-10-15-14/h12-15H,3-11H2,1-2H3. The van der Waals surface area contributed by atoms with E-state index in [9.17, 15) is 0 Å². The van der Waals surface area contributed by atoms with Crippen LogP contribution in [0.5, 0.6) is 0 Å². The number of rotatable bonds is 2. The topological polar surface area (TPSA) is 15.3 Å². The zero-order chi connectivity index (χ0) is 11.4. The Labute approximate surface area is 101 Å². The van der Waals surface area contributed by atoms with Gasteiger partial charge in [0.1, 0.15) is 0 Å². The minimum absolute atomic E-state index is 0.755. The van der Waals surface area contributed by atoms with E-state index in [4.69, 9.17) is 0 Å². The summed E-state index contributed by atoms with van der Waals surface area (Å²) in [7, 11) is 0. The molecular formula is C14H28N2. The third-order valence-electron chi connectivity index (χ3n) is 4.47. The zero-order valence-corrected chi connectivity index (χ0v) is 11.0. The summed E-state index contributed by atoms with van der Waals surface area (Å²) < 4.78 is 0. The summed E-state index contributed by atoms with van der Waals surface area (Å²) in [5.41, 5.74) is 0. The van der Waals surface area contributed by atoms with Crippen molar-refractivity contribution in [2.75, 3.05) is 13.1 Å². The van der Waals surface area contributed by atoms with Gasteiger partial charge in [0, 0.05) is 24.7 Å². The monoisotopic (exact) mass is 224 g/mol. The maximum absolute atomic E-state index is 3.73. The molecule has 0 aliphatic carbocycles. The first-order valence-corrected chi connectivity index (χ1v) is 7.26. The predicted octanol–water partition coefficient (Wildman–Crippen LogP) is 2.78. The second-order valence-electron chi connectivity index (χ2n) is 5.83. The third kappa shape index (κ3) is 3.21. The molecule has 0 spiro atoms. The Kier molecular flexibility index (Phi) is 4.66. The fraction of sp³-hybridized carbons (Fsp3) is 1.00. The van der Waals surface area contributed by atoms with E-state index in [1.165, 1.54) is 58.0 Å². The molecule has 0 amide bonds. The summed E-state index contributed by atoms with van der Waals surface area (Å²) in [5, 5.41) is 3.73. The maximum atomic E-state index is 3.73. The lowest BCUT2D eigenvalue weighted by atomic mass is 9.96. The van der Waals surface area contributed by atoms with Gasteiger partial charge < -0.3 is 5.32 Å². The van der Waals surface area contributed by atoms with E-state index in [-0.39, 0.29) is 0 Å². The van der Waals surface area contributed by atoms with Gasteiger partial charge in [0.2, 0.25) is 0 Å². The van der Waals surface area contributed by atoms with Gasteiger partial charge in [0.15, 0.2) is 0 Å². The van der Waals surface area contributed by atoms with Gasteiger partial charge in [0.05, 0.1) is 0 Å². The lowest BCUT2D eigenvalue weighted by Crippen LogP contribution is -2.50. The summed E-state index contributed by atoms with van der Waals surface area (Å²) in [6, 6.07) is 2.35. The molecule has 2 saturated heterocycles. The fourth-order valence-corrected chi connectivity index (χ4v) is 3.35. The van der Waals surface area contributed by atoms with Crippen LogP contribution in [0.15, 0.2) is 0 Å². The van der Waals surface area contributed by atoms with E-state index in [0.29, 0.717) is 0 Å². The van der Waals surface area contributed by atoms with Gasteiger partial charge in [-0.2, -0.15) is 0 Å². The minimum atomic E-state index is 0.755. The van der Waals surface area contributed by atoms with Crippen molar-refractivity contribution in [1.29, 1.82) is 0 Å². The number of hydrogen-bond donors (Lipinski definition) is 1. The molecule has 16 heavy (non-hydrogen) atoms. The van der Waals surface area contributed by atoms with Gasteiger partial charge in [-0.05, 0) is 46.1 Å². The highest BCUT2D eigenvalue weighted by Crippen LogP contribution is 2.23. The molecule has 0 saturated carbocycles. The van der Waals surface area contributed by atoms with Gasteiger partial charge in [-0.3, -0.25) is 4.90 Å². The number of piperidine rings is 1. The van der Waals surface area contributed by atoms with Crippen LogP contribution in [-0.4, -0.2) is 36.1 Å². The number of nitrogens with one attached hydrogen (secondary N) is 1. The molecule has 3 unspecified atom stereocenters. The lowest BCUT2D eigenvalue weighted by molar-refractivity contribution is 0.0902. The SMILES string of the molecule is CC1CCCC(C)N1CC1CCCCCN1. The van der Waals surface area contributed by atoms with Crippen LogP contribution < -0.4 is 5.32 Å². The van der Waals surface area contributed by atoms with Crippen molar-refractivity contribution in [3.8, 4) is 0 Å². The van der Waals surface area contributed by atoms with Crippen molar-refractivity contribution in [2.24, 2.45) is 0 Å². The van der Waals surface area contributed by atoms with E-state index >= 15 is 0 Å². The van der Waals surface area contributed by atoms with E-state index in [1.54, 1.807) is 0 Å². The van der Waals surface area contributed by atoms with Gasteiger partial charge in [-0.25, -0.2) is 0 Å². The van der Waals surface area contributed by atoms with Gasteiger partial charge in [-0.1, -0.05) is 19.3 Å². The molecule has 94 valence electrons. The van der Waals surface area contributed by atoms with E-state index in [1.807, 2.05) is 0 Å². The first-order valence-electron chi connectivity index (χ1n) is 7.26. The summed E-state index contributed by atoms with van der Waals surface area (Å²) in [5.74, 6) is 0. The van der Waals surface area contributed by atoms with Crippen LogP contribution in [0.2, 0.25) is 0 Å². The summed E-state index contributed by atoms with van der Waals surface area (Å²) in [6.07, 6.45) is 9.84. The first-order chi connectivity index (χ1) is 7.77. The molecule has 3 atom stereocenters. The molecule has 2 rings (SSSR count). The Morgan fingerprint density at radius 1 is 0.938 bits per heavy atom. The summed E-state index contributed by atoms with van der Waals surface area (Å²) in [6.45, 7) is 7.34.